The van der Waals surface area contributed by atoms with E-state index in [1.165, 1.54) is 0 Å². The Labute approximate surface area is 212 Å². The second kappa shape index (κ2) is 17.2. The predicted molar refractivity (Wildman–Crippen MR) is 136 cm³/mol. The number of piperazine rings is 1. The Kier molecular flexibility index (Phi) is 15.6. The minimum absolute atomic E-state index is 0.124. The van der Waals surface area contributed by atoms with Crippen LogP contribution in [0.5, 0.6) is 0 Å². The quantitative estimate of drug-likeness (QED) is 0.212. The molecule has 1 aliphatic rings. The molecule has 0 spiro atoms. The average Bonchev–Trinajstić information content (AvgIpc) is 2.87. The molecule has 0 unspecified atom stereocenters. The smallest absolute Gasteiger partial charge is 0.377 e. The molecule has 1 saturated heterocycles. The molecule has 35 heavy (non-hydrogen) atoms. The van der Waals surface area contributed by atoms with Gasteiger partial charge in [-0.15, -0.1) is 0 Å². The van der Waals surface area contributed by atoms with Crippen molar-refractivity contribution in [3.8, 4) is 0 Å². The summed E-state index contributed by atoms with van der Waals surface area (Å²) in [6.07, 6.45) is 1.40. The van der Waals surface area contributed by atoms with Crippen molar-refractivity contribution in [2.24, 2.45) is 0 Å². The van der Waals surface area contributed by atoms with E-state index in [0.717, 1.165) is 0 Å². The van der Waals surface area contributed by atoms with Gasteiger partial charge in [-0.3, -0.25) is 0 Å². The molecule has 12 nitrogen and oxygen atoms in total. The highest BCUT2D eigenvalue weighted by Crippen LogP contribution is 2.18. The van der Waals surface area contributed by atoms with Crippen LogP contribution in [0.2, 0.25) is 12.1 Å². The SMILES string of the molecule is CCO[Si](CCCNC(=O)N1CCN(C(=O)NCCC[Si](OC)(OC)OC)CC1)(OCC)OCC. The van der Waals surface area contributed by atoms with E-state index in [9.17, 15) is 9.59 Å². The number of nitrogens with zero attached hydrogens (tertiary/aromatic N) is 2. The molecule has 0 radical (unpaired) electrons. The van der Waals surface area contributed by atoms with Crippen LogP contribution < -0.4 is 10.6 Å². The van der Waals surface area contributed by atoms with Gasteiger partial charge in [0.2, 0.25) is 0 Å². The van der Waals surface area contributed by atoms with Gasteiger partial charge in [-0.1, -0.05) is 0 Å². The van der Waals surface area contributed by atoms with Crippen molar-refractivity contribution in [2.45, 2.75) is 45.7 Å². The van der Waals surface area contributed by atoms with Crippen LogP contribution >= 0.6 is 0 Å². The highest BCUT2D eigenvalue weighted by molar-refractivity contribution is 6.61. The molecule has 1 rings (SSSR count). The maximum Gasteiger partial charge on any atom is 0.500 e. The van der Waals surface area contributed by atoms with Gasteiger partial charge in [0, 0.05) is 92.5 Å². The average molecular weight is 539 g/mol. The highest BCUT2D eigenvalue weighted by Gasteiger charge is 2.40. The summed E-state index contributed by atoms with van der Waals surface area (Å²) in [6.45, 7) is 10.3. The summed E-state index contributed by atoms with van der Waals surface area (Å²) in [5.74, 6) is 0. The first kappa shape index (κ1) is 31.8. The molecule has 2 N–H and O–H groups in total. The molecular formula is C21H46N4O8Si2. The van der Waals surface area contributed by atoms with Crippen LogP contribution in [0.25, 0.3) is 0 Å². The normalized spacial score (nSPS) is 14.8. The van der Waals surface area contributed by atoms with Crippen LogP contribution in [0.3, 0.4) is 0 Å². The largest absolute Gasteiger partial charge is 0.500 e. The van der Waals surface area contributed by atoms with Gasteiger partial charge in [0.1, 0.15) is 0 Å². The van der Waals surface area contributed by atoms with Crippen LogP contribution in [0.15, 0.2) is 0 Å². The Morgan fingerprint density at radius 3 is 1.31 bits per heavy atom. The Bertz CT molecular complexity index is 583. The standard InChI is InChI=1S/C21H46N4O8Si2/c1-7-31-35(32-8-2,33-9-3)19-11-13-23-21(27)25-16-14-24(15-17-25)20(26)22-12-10-18-34(28-4,29-5)30-6/h7-19H2,1-6H3,(H,22,26)(H,23,27). The molecule has 1 heterocycles. The lowest BCUT2D eigenvalue weighted by Crippen LogP contribution is -2.55. The minimum atomic E-state index is -2.69. The minimum Gasteiger partial charge on any atom is -0.377 e. The van der Waals surface area contributed by atoms with Gasteiger partial charge in [-0.2, -0.15) is 0 Å². The van der Waals surface area contributed by atoms with Crippen molar-refractivity contribution >= 4 is 29.7 Å². The molecular weight excluding hydrogens is 492 g/mol. The van der Waals surface area contributed by atoms with Gasteiger partial charge < -0.3 is 47.0 Å². The molecule has 14 heteroatoms. The third kappa shape index (κ3) is 10.7. The van der Waals surface area contributed by atoms with Crippen LogP contribution in [0.1, 0.15) is 33.6 Å². The molecule has 4 amide bonds. The number of urea groups is 2. The first-order valence-corrected chi connectivity index (χ1v) is 16.3. The molecule has 0 aromatic rings. The Balaban J connectivity index is 2.32. The zero-order valence-corrected chi connectivity index (χ0v) is 24.4. The van der Waals surface area contributed by atoms with Crippen molar-refractivity contribution in [3.05, 3.63) is 0 Å². The lowest BCUT2D eigenvalue weighted by Gasteiger charge is -2.34. The number of nitrogens with one attached hydrogen (secondary N) is 2. The number of carbonyl (C=O) groups excluding carboxylic acids is 2. The topological polar surface area (TPSA) is 120 Å². The predicted octanol–water partition coefficient (Wildman–Crippen LogP) is 1.73. The first-order chi connectivity index (χ1) is 16.8. The number of rotatable bonds is 17. The van der Waals surface area contributed by atoms with Gasteiger partial charge in [0.15, 0.2) is 0 Å². The molecule has 1 fully saturated rings. The lowest BCUT2D eigenvalue weighted by molar-refractivity contribution is 0.0707. The van der Waals surface area contributed by atoms with E-state index in [1.54, 1.807) is 31.1 Å². The first-order valence-electron chi connectivity index (χ1n) is 12.5. The molecule has 1 aliphatic heterocycles. The summed E-state index contributed by atoms with van der Waals surface area (Å²) in [5, 5.41) is 5.88. The number of hydrogen-bond donors (Lipinski definition) is 2. The van der Waals surface area contributed by atoms with E-state index in [0.29, 0.717) is 84.0 Å². The molecule has 0 bridgehead atoms. The van der Waals surface area contributed by atoms with Crippen molar-refractivity contribution in [1.29, 1.82) is 0 Å². The van der Waals surface area contributed by atoms with E-state index in [4.69, 9.17) is 26.6 Å². The van der Waals surface area contributed by atoms with Gasteiger partial charge in [-0.05, 0) is 33.6 Å². The van der Waals surface area contributed by atoms with Gasteiger partial charge in [-0.25, -0.2) is 9.59 Å². The molecule has 206 valence electrons. The number of amides is 4. The number of hydrogen-bond acceptors (Lipinski definition) is 8. The van der Waals surface area contributed by atoms with Gasteiger partial charge >= 0.3 is 29.7 Å². The van der Waals surface area contributed by atoms with E-state index in [-0.39, 0.29) is 12.1 Å². The summed E-state index contributed by atoms with van der Waals surface area (Å²) in [4.78, 5) is 28.5. The molecule has 0 aliphatic carbocycles. The van der Waals surface area contributed by atoms with Crippen LogP contribution in [0.4, 0.5) is 9.59 Å². The monoisotopic (exact) mass is 538 g/mol. The van der Waals surface area contributed by atoms with Gasteiger partial charge in [0.25, 0.3) is 0 Å². The zero-order valence-electron chi connectivity index (χ0n) is 22.4. The van der Waals surface area contributed by atoms with Crippen LogP contribution in [-0.2, 0) is 26.6 Å². The maximum absolute atomic E-state index is 12.5. The summed E-state index contributed by atoms with van der Waals surface area (Å²) in [5.41, 5.74) is 0. The van der Waals surface area contributed by atoms with E-state index in [1.807, 2.05) is 20.8 Å². The van der Waals surface area contributed by atoms with E-state index >= 15 is 0 Å². The Hall–Kier alpha value is -1.27. The fourth-order valence-corrected chi connectivity index (χ4v) is 8.23. The van der Waals surface area contributed by atoms with E-state index in [2.05, 4.69) is 10.6 Å². The van der Waals surface area contributed by atoms with Crippen molar-refractivity contribution in [3.63, 3.8) is 0 Å². The van der Waals surface area contributed by atoms with Crippen molar-refractivity contribution in [2.75, 3.05) is 80.4 Å². The zero-order chi connectivity index (χ0) is 26.2. The fourth-order valence-electron chi connectivity index (χ4n) is 3.89. The summed E-state index contributed by atoms with van der Waals surface area (Å²) < 4.78 is 33.7. The van der Waals surface area contributed by atoms with Crippen molar-refractivity contribution < 1.29 is 36.1 Å². The lowest BCUT2D eigenvalue weighted by atomic mass is 10.3. The second-order valence-electron chi connectivity index (χ2n) is 7.92. The second-order valence-corrected chi connectivity index (χ2v) is 13.7. The summed E-state index contributed by atoms with van der Waals surface area (Å²) >= 11 is 0. The third-order valence-electron chi connectivity index (χ3n) is 5.75. The Morgan fingerprint density at radius 2 is 1.00 bits per heavy atom. The van der Waals surface area contributed by atoms with Crippen LogP contribution in [0, 0.1) is 0 Å². The number of carbonyl (C=O) groups is 2. The molecule has 0 aromatic carbocycles. The van der Waals surface area contributed by atoms with Gasteiger partial charge in [0.05, 0.1) is 0 Å². The summed E-state index contributed by atoms with van der Waals surface area (Å²) in [7, 11) is -0.595. The maximum atomic E-state index is 12.5. The molecule has 0 atom stereocenters. The van der Waals surface area contributed by atoms with E-state index < -0.39 is 17.6 Å². The third-order valence-corrected chi connectivity index (χ3v) is 11.7. The molecule has 0 saturated carbocycles. The Morgan fingerprint density at radius 1 is 0.657 bits per heavy atom. The van der Waals surface area contributed by atoms with Crippen LogP contribution in [-0.4, -0.2) is 120 Å². The highest BCUT2D eigenvalue weighted by atomic mass is 28.4. The fraction of sp³-hybridized carbons (Fsp3) is 0.905. The molecule has 0 aromatic heterocycles. The summed E-state index contributed by atoms with van der Waals surface area (Å²) in [6, 6.07) is 1.02. The van der Waals surface area contributed by atoms with Crippen molar-refractivity contribution in [1.82, 2.24) is 20.4 Å².